The van der Waals surface area contributed by atoms with Crippen LogP contribution < -0.4 is 26.4 Å². The Morgan fingerprint density at radius 2 is 2.00 bits per heavy atom. The lowest BCUT2D eigenvalue weighted by molar-refractivity contribution is 0.0996. The van der Waals surface area contributed by atoms with Gasteiger partial charge >= 0.3 is 6.03 Å². The van der Waals surface area contributed by atoms with Gasteiger partial charge in [-0.05, 0) is 54.7 Å². The van der Waals surface area contributed by atoms with Crippen LogP contribution in [0.5, 0.6) is 5.88 Å². The van der Waals surface area contributed by atoms with E-state index in [0.717, 1.165) is 29.5 Å². The molecule has 33 heavy (non-hydrogen) atoms. The zero-order valence-corrected chi connectivity index (χ0v) is 18.5. The van der Waals surface area contributed by atoms with Crippen LogP contribution in [-0.4, -0.2) is 34.4 Å². The van der Waals surface area contributed by atoms with Crippen LogP contribution in [0, 0.1) is 18.6 Å². The third-order valence-corrected chi connectivity index (χ3v) is 5.18. The number of primary amides is 1. The first kappa shape index (κ1) is 23.9. The second-order valence-electron chi connectivity index (χ2n) is 6.91. The van der Waals surface area contributed by atoms with Gasteiger partial charge in [0, 0.05) is 24.8 Å². The van der Waals surface area contributed by atoms with Gasteiger partial charge in [0.1, 0.15) is 34.6 Å². The van der Waals surface area contributed by atoms with Crippen molar-refractivity contribution < 1.29 is 23.1 Å². The first-order valence-electron chi connectivity index (χ1n) is 9.91. The van der Waals surface area contributed by atoms with Gasteiger partial charge in [0.25, 0.3) is 5.91 Å². The molecule has 12 heteroatoms. The smallest absolute Gasteiger partial charge is 0.319 e. The number of carbonyl (C=O) groups is 2. The van der Waals surface area contributed by atoms with E-state index >= 15 is 0 Å². The number of aryl methyl sites for hydroxylation is 1. The third-order valence-electron chi connectivity index (χ3n) is 4.44. The minimum atomic E-state index is -0.885. The van der Waals surface area contributed by atoms with Crippen LogP contribution in [0.3, 0.4) is 0 Å². The van der Waals surface area contributed by atoms with Gasteiger partial charge in [-0.15, -0.1) is 0 Å². The summed E-state index contributed by atoms with van der Waals surface area (Å²) in [5.74, 6) is -1.57. The van der Waals surface area contributed by atoms with Gasteiger partial charge in [-0.25, -0.2) is 18.6 Å². The molecule has 0 unspecified atom stereocenters. The van der Waals surface area contributed by atoms with E-state index in [0.29, 0.717) is 19.5 Å². The van der Waals surface area contributed by atoms with Crippen molar-refractivity contribution in [2.45, 2.75) is 20.0 Å². The lowest BCUT2D eigenvalue weighted by Gasteiger charge is -2.09. The number of ether oxygens (including phenoxy) is 1. The van der Waals surface area contributed by atoms with E-state index in [1.165, 1.54) is 6.92 Å². The number of anilines is 2. The number of carbonyl (C=O) groups excluding carboxylic acids is 2. The predicted octanol–water partition coefficient (Wildman–Crippen LogP) is 3.43. The highest BCUT2D eigenvalue weighted by molar-refractivity contribution is 7.11. The molecule has 2 aromatic heterocycles. The molecule has 0 atom stereocenters. The van der Waals surface area contributed by atoms with Crippen LogP contribution in [0.2, 0.25) is 0 Å². The number of aromatic nitrogens is 2. The molecule has 0 aliphatic rings. The number of nitrogens with two attached hydrogens (primary N) is 1. The van der Waals surface area contributed by atoms with Crippen molar-refractivity contribution in [3.8, 4) is 5.88 Å². The normalized spacial score (nSPS) is 10.5. The Balaban J connectivity index is 1.52. The summed E-state index contributed by atoms with van der Waals surface area (Å²) >= 11 is 0.783. The number of benzene rings is 1. The van der Waals surface area contributed by atoms with Crippen molar-refractivity contribution in [3.63, 3.8) is 0 Å². The standard InChI is InChI=1S/C21H22F2N6O3S/c1-12-9-15(23)13(10-14(12)22)11-32-19-17(18(24)30)20(33-29-19)28-21(31)27-8-4-7-26-16-5-2-3-6-25-16/h2-3,5-6,9-10H,4,7-8,11H2,1H3,(H2,24,30)(H,25,26)(H2,27,28,31). The summed E-state index contributed by atoms with van der Waals surface area (Å²) in [4.78, 5) is 28.2. The summed E-state index contributed by atoms with van der Waals surface area (Å²) in [5, 5.41) is 8.35. The number of urea groups is 1. The van der Waals surface area contributed by atoms with E-state index in [-0.39, 0.29) is 34.2 Å². The average Bonchev–Trinajstić information content (AvgIpc) is 3.18. The van der Waals surface area contributed by atoms with Crippen LogP contribution in [0.25, 0.3) is 0 Å². The van der Waals surface area contributed by atoms with Crippen LogP contribution in [0.15, 0.2) is 36.5 Å². The summed E-state index contributed by atoms with van der Waals surface area (Å²) in [7, 11) is 0. The molecule has 3 amide bonds. The minimum absolute atomic E-state index is 0.0481. The molecule has 2 heterocycles. The maximum atomic E-state index is 14.0. The third kappa shape index (κ3) is 6.59. The molecule has 0 fully saturated rings. The van der Waals surface area contributed by atoms with E-state index in [1.54, 1.807) is 6.20 Å². The fraction of sp³-hybridized carbons (Fsp3) is 0.238. The molecule has 5 N–H and O–H groups in total. The topological polar surface area (TPSA) is 131 Å². The van der Waals surface area contributed by atoms with Gasteiger partial charge in [-0.1, -0.05) is 6.07 Å². The number of amides is 3. The van der Waals surface area contributed by atoms with Crippen molar-refractivity contribution in [2.24, 2.45) is 5.73 Å². The summed E-state index contributed by atoms with van der Waals surface area (Å²) in [6.07, 6.45) is 2.30. The molecular weight excluding hydrogens is 454 g/mol. The second kappa shape index (κ2) is 11.2. The predicted molar refractivity (Wildman–Crippen MR) is 120 cm³/mol. The molecule has 0 saturated heterocycles. The number of hydrogen-bond acceptors (Lipinski definition) is 7. The number of pyridine rings is 1. The average molecular weight is 477 g/mol. The highest BCUT2D eigenvalue weighted by Gasteiger charge is 2.22. The summed E-state index contributed by atoms with van der Waals surface area (Å²) < 4.78 is 37.1. The van der Waals surface area contributed by atoms with Crippen LogP contribution >= 0.6 is 11.5 Å². The Morgan fingerprint density at radius 3 is 2.73 bits per heavy atom. The van der Waals surface area contributed by atoms with Gasteiger partial charge in [0.2, 0.25) is 5.88 Å². The van der Waals surface area contributed by atoms with Crippen LogP contribution in [0.1, 0.15) is 27.9 Å². The van der Waals surface area contributed by atoms with E-state index in [1.807, 2.05) is 18.2 Å². The molecule has 0 spiro atoms. The zero-order chi connectivity index (χ0) is 23.8. The first-order valence-corrected chi connectivity index (χ1v) is 10.7. The molecule has 3 rings (SSSR count). The quantitative estimate of drug-likeness (QED) is 0.332. The molecule has 9 nitrogen and oxygen atoms in total. The first-order chi connectivity index (χ1) is 15.8. The fourth-order valence-corrected chi connectivity index (χ4v) is 3.48. The molecular formula is C21H22F2N6O3S. The van der Waals surface area contributed by atoms with E-state index < -0.39 is 23.6 Å². The number of halogens is 2. The Bertz CT molecular complexity index is 1130. The van der Waals surface area contributed by atoms with Gasteiger partial charge < -0.3 is 21.1 Å². The number of hydrogen-bond donors (Lipinski definition) is 4. The van der Waals surface area contributed by atoms with Crippen LogP contribution in [0.4, 0.5) is 24.4 Å². The fourth-order valence-electron chi connectivity index (χ4n) is 2.74. The molecule has 0 aliphatic heterocycles. The maximum absolute atomic E-state index is 14.0. The summed E-state index contributed by atoms with van der Waals surface area (Å²) in [5.41, 5.74) is 5.36. The summed E-state index contributed by atoms with van der Waals surface area (Å²) in [6.45, 7) is 2.02. The van der Waals surface area contributed by atoms with Crippen molar-refractivity contribution >= 4 is 34.3 Å². The molecule has 0 saturated carbocycles. The minimum Gasteiger partial charge on any atom is -0.471 e. The Hall–Kier alpha value is -3.80. The van der Waals surface area contributed by atoms with Gasteiger partial charge in [0.05, 0.1) is 0 Å². The number of nitrogens with one attached hydrogen (secondary N) is 3. The SMILES string of the molecule is Cc1cc(F)c(COc2nsc(NC(=O)NCCCNc3ccccn3)c2C(N)=O)cc1F. The molecule has 0 radical (unpaired) electrons. The lowest BCUT2D eigenvalue weighted by Crippen LogP contribution is -2.31. The van der Waals surface area contributed by atoms with Crippen molar-refractivity contribution in [2.75, 3.05) is 23.7 Å². The van der Waals surface area contributed by atoms with Gasteiger partial charge in [-0.2, -0.15) is 4.37 Å². The molecule has 1 aromatic carbocycles. The van der Waals surface area contributed by atoms with Crippen molar-refractivity contribution in [1.29, 1.82) is 0 Å². The summed E-state index contributed by atoms with van der Waals surface area (Å²) in [6, 6.07) is 7.01. The zero-order valence-electron chi connectivity index (χ0n) is 17.7. The van der Waals surface area contributed by atoms with Crippen molar-refractivity contribution in [3.05, 3.63) is 64.9 Å². The number of nitrogens with zero attached hydrogens (tertiary/aromatic N) is 2. The van der Waals surface area contributed by atoms with Crippen molar-refractivity contribution in [1.82, 2.24) is 14.7 Å². The maximum Gasteiger partial charge on any atom is 0.319 e. The Morgan fingerprint density at radius 1 is 1.18 bits per heavy atom. The molecule has 3 aromatic rings. The Labute approximate surface area is 192 Å². The van der Waals surface area contributed by atoms with E-state index in [2.05, 4.69) is 25.3 Å². The van der Waals surface area contributed by atoms with E-state index in [4.69, 9.17) is 10.5 Å². The monoisotopic (exact) mass is 476 g/mol. The molecule has 174 valence electrons. The molecule has 0 aliphatic carbocycles. The largest absolute Gasteiger partial charge is 0.471 e. The number of rotatable bonds is 10. The lowest BCUT2D eigenvalue weighted by atomic mass is 10.1. The van der Waals surface area contributed by atoms with Gasteiger partial charge in [-0.3, -0.25) is 10.1 Å². The second-order valence-corrected chi connectivity index (χ2v) is 7.69. The Kier molecular flexibility index (Phi) is 8.08. The van der Waals surface area contributed by atoms with Crippen LogP contribution in [-0.2, 0) is 6.61 Å². The van der Waals surface area contributed by atoms with Gasteiger partial charge in [0.15, 0.2) is 0 Å². The molecule has 0 bridgehead atoms. The van der Waals surface area contributed by atoms with E-state index in [9.17, 15) is 18.4 Å². The highest BCUT2D eigenvalue weighted by atomic mass is 32.1. The highest BCUT2D eigenvalue weighted by Crippen LogP contribution is 2.31.